The van der Waals surface area contributed by atoms with Gasteiger partial charge in [0.05, 0.1) is 34.9 Å². The summed E-state index contributed by atoms with van der Waals surface area (Å²) in [5.41, 5.74) is 3.97. The quantitative estimate of drug-likeness (QED) is 0.359. The van der Waals surface area contributed by atoms with E-state index in [-0.39, 0.29) is 5.88 Å². The van der Waals surface area contributed by atoms with Gasteiger partial charge < -0.3 is 14.5 Å². The van der Waals surface area contributed by atoms with E-state index in [1.807, 2.05) is 18.2 Å². The highest BCUT2D eigenvalue weighted by Crippen LogP contribution is 2.33. The lowest BCUT2D eigenvalue weighted by atomic mass is 10.0. The summed E-state index contributed by atoms with van der Waals surface area (Å²) in [6, 6.07) is 12.6. The number of oxazole rings is 1. The second-order valence-corrected chi connectivity index (χ2v) is 7.24. The Morgan fingerprint density at radius 3 is 2.76 bits per heavy atom. The van der Waals surface area contributed by atoms with Gasteiger partial charge in [-0.05, 0) is 36.4 Å². The summed E-state index contributed by atoms with van der Waals surface area (Å²) in [7, 11) is 0. The Morgan fingerprint density at radius 2 is 1.93 bits per heavy atom. The first-order chi connectivity index (χ1) is 14.1. The van der Waals surface area contributed by atoms with Crippen LogP contribution >= 0.6 is 15.9 Å². The van der Waals surface area contributed by atoms with Crippen LogP contribution in [0, 0.1) is 0 Å². The van der Waals surface area contributed by atoms with Gasteiger partial charge in [-0.1, -0.05) is 22.0 Å². The molecule has 2 aromatic carbocycles. The van der Waals surface area contributed by atoms with Crippen LogP contribution in [0.5, 0.6) is 5.88 Å². The van der Waals surface area contributed by atoms with Gasteiger partial charge in [-0.15, -0.1) is 0 Å². The van der Waals surface area contributed by atoms with E-state index in [2.05, 4.69) is 36.1 Å². The summed E-state index contributed by atoms with van der Waals surface area (Å²) in [5, 5.41) is 19.1. The van der Waals surface area contributed by atoms with Crippen LogP contribution in [-0.2, 0) is 0 Å². The van der Waals surface area contributed by atoms with E-state index in [1.54, 1.807) is 24.3 Å². The van der Waals surface area contributed by atoms with Crippen LogP contribution in [0.2, 0.25) is 0 Å². The molecule has 0 aliphatic heterocycles. The Balaban J connectivity index is 1.81. The molecule has 8 nitrogen and oxygen atoms in total. The van der Waals surface area contributed by atoms with E-state index < -0.39 is 5.76 Å². The molecular weight excluding hydrogens is 438 g/mol. The zero-order valence-electron chi connectivity index (χ0n) is 14.7. The minimum atomic E-state index is -0.534. The fraction of sp³-hybridized carbons (Fsp3) is 0. The average Bonchev–Trinajstić information content (AvgIpc) is 3.24. The van der Waals surface area contributed by atoms with Crippen LogP contribution in [0.15, 0.2) is 73.5 Å². The Bertz CT molecular complexity index is 1450. The summed E-state index contributed by atoms with van der Waals surface area (Å²) in [5.74, 6) is -0.553. The second kappa shape index (κ2) is 6.71. The van der Waals surface area contributed by atoms with Crippen molar-refractivity contribution >= 4 is 49.3 Å². The second-order valence-electron chi connectivity index (χ2n) is 6.33. The van der Waals surface area contributed by atoms with Gasteiger partial charge in [-0.3, -0.25) is 4.98 Å². The molecule has 3 aromatic heterocycles. The number of hydrogen-bond donors (Lipinski definition) is 3. The summed E-state index contributed by atoms with van der Waals surface area (Å²) in [6.07, 6.45) is 3.06. The van der Waals surface area contributed by atoms with Crippen molar-refractivity contribution in [1.29, 1.82) is 0 Å². The molecule has 0 unspecified atom stereocenters. The molecule has 0 saturated heterocycles. The van der Waals surface area contributed by atoms with E-state index in [0.717, 1.165) is 15.4 Å². The molecule has 0 bridgehead atoms. The van der Waals surface area contributed by atoms with Crippen LogP contribution in [-0.4, -0.2) is 31.0 Å². The molecule has 0 aliphatic rings. The Labute approximate surface area is 171 Å². The van der Waals surface area contributed by atoms with Crippen molar-refractivity contribution in [3.05, 3.63) is 81.0 Å². The van der Waals surface area contributed by atoms with Crippen LogP contribution in [0.4, 0.5) is 5.69 Å². The topological polar surface area (TPSA) is 120 Å². The number of fused-ring (bicyclic) bond motifs is 2. The molecule has 5 aromatic rings. The number of nitrogens with one attached hydrogen (secondary N) is 2. The summed E-state index contributed by atoms with van der Waals surface area (Å²) in [4.78, 5) is 21.8. The standard InChI is InChI=1S/C20H12BrN5O3/c21-11-2-4-14-13(8-11)17(19(27)25-14)18(24-12-5-6-22-23-9-12)10-1-3-15-16(7-10)29-20(28)26-15/h1-9,25,27H,(H,26,28). The largest absolute Gasteiger partial charge is 0.494 e. The highest BCUT2D eigenvalue weighted by atomic mass is 79.9. The molecule has 0 spiro atoms. The number of H-pyrrole nitrogens is 2. The van der Waals surface area contributed by atoms with Gasteiger partial charge in [-0.25, -0.2) is 9.79 Å². The molecule has 9 heteroatoms. The number of aromatic nitrogens is 4. The van der Waals surface area contributed by atoms with Gasteiger partial charge >= 0.3 is 5.76 Å². The fourth-order valence-corrected chi connectivity index (χ4v) is 3.59. The van der Waals surface area contributed by atoms with Gasteiger partial charge in [-0.2, -0.15) is 10.2 Å². The van der Waals surface area contributed by atoms with Crippen molar-refractivity contribution in [1.82, 2.24) is 20.2 Å². The third kappa shape index (κ3) is 3.11. The normalized spacial score (nSPS) is 12.1. The molecule has 5 rings (SSSR count). The average molecular weight is 450 g/mol. The number of rotatable bonds is 3. The first kappa shape index (κ1) is 17.4. The minimum absolute atomic E-state index is 0.0190. The third-order valence-corrected chi connectivity index (χ3v) is 4.97. The van der Waals surface area contributed by atoms with Crippen molar-refractivity contribution < 1.29 is 9.52 Å². The minimum Gasteiger partial charge on any atom is -0.494 e. The maximum Gasteiger partial charge on any atom is 0.417 e. The van der Waals surface area contributed by atoms with Crippen LogP contribution in [0.1, 0.15) is 11.1 Å². The van der Waals surface area contributed by atoms with E-state index in [4.69, 9.17) is 9.41 Å². The number of aromatic amines is 2. The van der Waals surface area contributed by atoms with Crippen molar-refractivity contribution in [2.45, 2.75) is 0 Å². The van der Waals surface area contributed by atoms with Gasteiger partial charge in [0.25, 0.3) is 0 Å². The Kier molecular flexibility index (Phi) is 4.02. The van der Waals surface area contributed by atoms with Gasteiger partial charge in [0.1, 0.15) is 0 Å². The van der Waals surface area contributed by atoms with Crippen LogP contribution in [0.3, 0.4) is 0 Å². The summed E-state index contributed by atoms with van der Waals surface area (Å²) < 4.78 is 6.06. The van der Waals surface area contributed by atoms with Gasteiger partial charge in [0, 0.05) is 20.9 Å². The third-order valence-electron chi connectivity index (χ3n) is 4.48. The van der Waals surface area contributed by atoms with Crippen molar-refractivity contribution in [2.24, 2.45) is 4.99 Å². The smallest absolute Gasteiger partial charge is 0.417 e. The van der Waals surface area contributed by atoms with E-state index >= 15 is 0 Å². The molecule has 29 heavy (non-hydrogen) atoms. The molecule has 0 fully saturated rings. The van der Waals surface area contributed by atoms with E-state index in [9.17, 15) is 9.90 Å². The summed E-state index contributed by atoms with van der Waals surface area (Å²) in [6.45, 7) is 0. The molecule has 0 radical (unpaired) electrons. The van der Waals surface area contributed by atoms with Crippen molar-refractivity contribution in [3.8, 4) is 5.88 Å². The molecule has 0 aliphatic carbocycles. The van der Waals surface area contributed by atoms with Gasteiger partial charge in [0.2, 0.25) is 0 Å². The molecule has 3 N–H and O–H groups in total. The van der Waals surface area contributed by atoms with Crippen LogP contribution < -0.4 is 5.76 Å². The molecular formula is C20H12BrN5O3. The molecule has 0 saturated carbocycles. The Morgan fingerprint density at radius 1 is 1.07 bits per heavy atom. The summed E-state index contributed by atoms with van der Waals surface area (Å²) >= 11 is 3.48. The van der Waals surface area contributed by atoms with Crippen LogP contribution in [0.25, 0.3) is 22.0 Å². The number of halogens is 1. The Hall–Kier alpha value is -3.72. The molecule has 3 heterocycles. The van der Waals surface area contributed by atoms with Gasteiger partial charge in [0.15, 0.2) is 11.5 Å². The van der Waals surface area contributed by atoms with Crippen molar-refractivity contribution in [3.63, 3.8) is 0 Å². The molecule has 0 amide bonds. The van der Waals surface area contributed by atoms with Crippen molar-refractivity contribution in [2.75, 3.05) is 0 Å². The molecule has 142 valence electrons. The highest BCUT2D eigenvalue weighted by Gasteiger charge is 2.20. The maximum absolute atomic E-state index is 11.5. The lowest BCUT2D eigenvalue weighted by molar-refractivity contribution is 0.457. The lowest BCUT2D eigenvalue weighted by Gasteiger charge is -2.08. The van der Waals surface area contributed by atoms with E-state index in [1.165, 1.54) is 12.4 Å². The number of aliphatic imine (C=N–C) groups is 1. The van der Waals surface area contributed by atoms with E-state index in [0.29, 0.717) is 33.6 Å². The maximum atomic E-state index is 11.5. The number of nitrogens with zero attached hydrogens (tertiary/aromatic N) is 3. The first-order valence-corrected chi connectivity index (χ1v) is 9.37. The number of aromatic hydroxyl groups is 1. The first-order valence-electron chi connectivity index (χ1n) is 8.58. The zero-order chi connectivity index (χ0) is 20.0. The predicted molar refractivity (Wildman–Crippen MR) is 112 cm³/mol. The molecule has 0 atom stereocenters. The highest BCUT2D eigenvalue weighted by molar-refractivity contribution is 9.10. The predicted octanol–water partition coefficient (Wildman–Crippen LogP) is 4.03. The zero-order valence-corrected chi connectivity index (χ0v) is 16.3. The number of hydrogen-bond acceptors (Lipinski definition) is 6. The fourth-order valence-electron chi connectivity index (χ4n) is 3.23. The monoisotopic (exact) mass is 449 g/mol. The SMILES string of the molecule is O=c1[nH]c2ccc(C(=Nc3ccnnc3)c3c(O)[nH]c4ccc(Br)cc34)cc2o1. The lowest BCUT2D eigenvalue weighted by Crippen LogP contribution is -2.03. The number of benzene rings is 2.